The van der Waals surface area contributed by atoms with E-state index in [-0.39, 0.29) is 6.61 Å². The van der Waals surface area contributed by atoms with E-state index >= 15 is 0 Å². The highest BCUT2D eigenvalue weighted by Crippen LogP contribution is 2.15. The molecule has 1 fully saturated rings. The molecule has 4 nitrogen and oxygen atoms in total. The average molecular weight is 261 g/mol. The second-order valence-corrected chi connectivity index (χ2v) is 5.29. The van der Waals surface area contributed by atoms with E-state index in [2.05, 4.69) is 16.8 Å². The summed E-state index contributed by atoms with van der Waals surface area (Å²) < 4.78 is 0. The van der Waals surface area contributed by atoms with Gasteiger partial charge in [-0.15, -0.1) is 0 Å². The number of aliphatic hydroxyl groups is 1. The summed E-state index contributed by atoms with van der Waals surface area (Å²) in [5.74, 6) is 1.31. The van der Waals surface area contributed by atoms with Crippen molar-refractivity contribution in [2.45, 2.75) is 32.9 Å². The molecule has 0 spiro atoms. The van der Waals surface area contributed by atoms with Crippen LogP contribution in [0, 0.1) is 5.92 Å². The molecule has 0 saturated carbocycles. The average Bonchev–Trinajstić information content (AvgIpc) is 2.45. The molecule has 0 aromatic heterocycles. The normalized spacial score (nSPS) is 20.6. The number of aliphatic imine (C=N–C) groups is 1. The number of benzene rings is 1. The van der Waals surface area contributed by atoms with Gasteiger partial charge in [0.2, 0.25) is 0 Å². The monoisotopic (exact) mass is 261 g/mol. The number of nitrogens with two attached hydrogens (primary N) is 1. The van der Waals surface area contributed by atoms with E-state index in [4.69, 9.17) is 5.73 Å². The Morgan fingerprint density at radius 3 is 2.84 bits per heavy atom. The lowest BCUT2D eigenvalue weighted by Gasteiger charge is -2.31. The molecule has 0 radical (unpaired) electrons. The van der Waals surface area contributed by atoms with Crippen LogP contribution >= 0.6 is 0 Å². The Balaban J connectivity index is 2.01. The van der Waals surface area contributed by atoms with Crippen LogP contribution in [0.3, 0.4) is 0 Å². The molecule has 1 atom stereocenters. The van der Waals surface area contributed by atoms with Crippen LogP contribution in [0.15, 0.2) is 29.3 Å². The van der Waals surface area contributed by atoms with Crippen LogP contribution < -0.4 is 5.73 Å². The lowest BCUT2D eigenvalue weighted by molar-refractivity contribution is 0.270. The topological polar surface area (TPSA) is 61.8 Å². The molecule has 104 valence electrons. The van der Waals surface area contributed by atoms with Gasteiger partial charge in [0.15, 0.2) is 5.96 Å². The van der Waals surface area contributed by atoms with Gasteiger partial charge in [0, 0.05) is 13.1 Å². The van der Waals surface area contributed by atoms with Gasteiger partial charge in [0.1, 0.15) is 0 Å². The van der Waals surface area contributed by atoms with Gasteiger partial charge in [-0.3, -0.25) is 0 Å². The van der Waals surface area contributed by atoms with Crippen LogP contribution in [-0.2, 0) is 13.2 Å². The molecule has 4 heteroatoms. The Kier molecular flexibility index (Phi) is 4.80. The van der Waals surface area contributed by atoms with E-state index in [9.17, 15) is 5.11 Å². The van der Waals surface area contributed by atoms with Gasteiger partial charge in [-0.1, -0.05) is 31.2 Å². The van der Waals surface area contributed by atoms with E-state index in [1.807, 2.05) is 24.3 Å². The first-order chi connectivity index (χ1) is 9.20. The molecular weight excluding hydrogens is 238 g/mol. The Bertz CT molecular complexity index is 445. The maximum absolute atomic E-state index is 9.28. The molecular formula is C15H23N3O. The first-order valence-electron chi connectivity index (χ1n) is 6.93. The molecule has 0 aliphatic carbocycles. The number of likely N-dealkylation sites (tertiary alicyclic amines) is 1. The van der Waals surface area contributed by atoms with Crippen molar-refractivity contribution in [3.05, 3.63) is 35.4 Å². The largest absolute Gasteiger partial charge is 0.392 e. The molecule has 3 N–H and O–H groups in total. The van der Waals surface area contributed by atoms with Crippen LogP contribution in [-0.4, -0.2) is 29.1 Å². The van der Waals surface area contributed by atoms with E-state index in [1.165, 1.54) is 12.8 Å². The van der Waals surface area contributed by atoms with Gasteiger partial charge in [-0.2, -0.15) is 0 Å². The van der Waals surface area contributed by atoms with Gasteiger partial charge in [0.25, 0.3) is 0 Å². The molecule has 0 bridgehead atoms. The fourth-order valence-corrected chi connectivity index (χ4v) is 2.53. The van der Waals surface area contributed by atoms with Crippen molar-refractivity contribution in [1.29, 1.82) is 0 Å². The summed E-state index contributed by atoms with van der Waals surface area (Å²) in [5, 5.41) is 9.28. The number of piperidine rings is 1. The van der Waals surface area contributed by atoms with E-state index in [0.717, 1.165) is 24.2 Å². The van der Waals surface area contributed by atoms with Gasteiger partial charge in [-0.25, -0.2) is 4.99 Å². The molecule has 1 aromatic rings. The van der Waals surface area contributed by atoms with Crippen molar-refractivity contribution in [3.63, 3.8) is 0 Å². The molecule has 2 rings (SSSR count). The third-order valence-electron chi connectivity index (χ3n) is 3.68. The Morgan fingerprint density at radius 1 is 1.42 bits per heavy atom. The number of hydrogen-bond donors (Lipinski definition) is 2. The van der Waals surface area contributed by atoms with E-state index in [1.54, 1.807) is 0 Å². The van der Waals surface area contributed by atoms with Gasteiger partial charge >= 0.3 is 0 Å². The Morgan fingerprint density at radius 2 is 2.16 bits per heavy atom. The van der Waals surface area contributed by atoms with Gasteiger partial charge in [-0.05, 0) is 29.9 Å². The summed E-state index contributed by atoms with van der Waals surface area (Å²) in [6.07, 6.45) is 2.46. The number of aliphatic hydroxyl groups excluding tert-OH is 1. The summed E-state index contributed by atoms with van der Waals surface area (Å²) >= 11 is 0. The van der Waals surface area contributed by atoms with Crippen molar-refractivity contribution in [2.24, 2.45) is 16.6 Å². The first-order valence-corrected chi connectivity index (χ1v) is 6.93. The second-order valence-electron chi connectivity index (χ2n) is 5.29. The van der Waals surface area contributed by atoms with Crippen molar-refractivity contribution >= 4 is 5.96 Å². The molecule has 1 aromatic carbocycles. The molecule has 1 aliphatic heterocycles. The van der Waals surface area contributed by atoms with Crippen LogP contribution in [0.25, 0.3) is 0 Å². The predicted octanol–water partition coefficient (Wildman–Crippen LogP) is 1.73. The molecule has 19 heavy (non-hydrogen) atoms. The second kappa shape index (κ2) is 6.57. The maximum atomic E-state index is 9.28. The number of nitrogens with zero attached hydrogens (tertiary/aromatic N) is 2. The number of guanidine groups is 1. The predicted molar refractivity (Wildman–Crippen MR) is 77.7 cm³/mol. The summed E-state index contributed by atoms with van der Waals surface area (Å²) in [6, 6.07) is 7.79. The smallest absolute Gasteiger partial charge is 0.191 e. The highest BCUT2D eigenvalue weighted by Gasteiger charge is 2.17. The van der Waals surface area contributed by atoms with Gasteiger partial charge < -0.3 is 15.7 Å². The standard InChI is InChI=1S/C15H23N3O/c1-12-5-4-8-18(10-12)15(16)17-9-13-6-2-3-7-14(13)11-19/h2-3,6-7,12,19H,4-5,8-11H2,1H3,(H2,16,17). The third kappa shape index (κ3) is 3.70. The number of hydrogen-bond acceptors (Lipinski definition) is 2. The van der Waals surface area contributed by atoms with Gasteiger partial charge in [0.05, 0.1) is 13.2 Å². The summed E-state index contributed by atoms with van der Waals surface area (Å²) in [7, 11) is 0. The number of rotatable bonds is 3. The van der Waals surface area contributed by atoms with Crippen LogP contribution in [0.5, 0.6) is 0 Å². The Labute approximate surface area is 114 Å². The van der Waals surface area contributed by atoms with E-state index < -0.39 is 0 Å². The van der Waals surface area contributed by atoms with E-state index in [0.29, 0.717) is 18.4 Å². The van der Waals surface area contributed by atoms with Crippen molar-refractivity contribution in [1.82, 2.24) is 4.90 Å². The molecule has 1 unspecified atom stereocenters. The summed E-state index contributed by atoms with van der Waals surface area (Å²) in [4.78, 5) is 6.63. The summed E-state index contributed by atoms with van der Waals surface area (Å²) in [5.41, 5.74) is 8.03. The van der Waals surface area contributed by atoms with Crippen LogP contribution in [0.4, 0.5) is 0 Å². The zero-order valence-electron chi connectivity index (χ0n) is 11.5. The molecule has 1 heterocycles. The molecule has 1 saturated heterocycles. The Hall–Kier alpha value is -1.55. The van der Waals surface area contributed by atoms with Crippen molar-refractivity contribution < 1.29 is 5.11 Å². The quantitative estimate of drug-likeness (QED) is 0.643. The molecule has 0 amide bonds. The lowest BCUT2D eigenvalue weighted by Crippen LogP contribution is -2.43. The fraction of sp³-hybridized carbons (Fsp3) is 0.533. The summed E-state index contributed by atoms with van der Waals surface area (Å²) in [6.45, 7) is 4.83. The maximum Gasteiger partial charge on any atom is 0.191 e. The minimum Gasteiger partial charge on any atom is -0.392 e. The van der Waals surface area contributed by atoms with Crippen molar-refractivity contribution in [3.8, 4) is 0 Å². The zero-order valence-corrected chi connectivity index (χ0v) is 11.5. The SMILES string of the molecule is CC1CCCN(C(N)=NCc2ccccc2CO)C1. The minimum absolute atomic E-state index is 0.0480. The zero-order chi connectivity index (χ0) is 13.7. The van der Waals surface area contributed by atoms with Crippen LogP contribution in [0.1, 0.15) is 30.9 Å². The fourth-order valence-electron chi connectivity index (χ4n) is 2.53. The minimum atomic E-state index is 0.0480. The lowest BCUT2D eigenvalue weighted by atomic mass is 10.0. The first kappa shape index (κ1) is 13.9. The van der Waals surface area contributed by atoms with Crippen LogP contribution in [0.2, 0.25) is 0 Å². The third-order valence-corrected chi connectivity index (χ3v) is 3.68. The van der Waals surface area contributed by atoms with Crippen molar-refractivity contribution in [2.75, 3.05) is 13.1 Å². The highest BCUT2D eigenvalue weighted by atomic mass is 16.3. The highest BCUT2D eigenvalue weighted by molar-refractivity contribution is 5.78. The molecule has 1 aliphatic rings.